The number of carboxylic acids is 1. The zero-order chi connectivity index (χ0) is 15.2. The summed E-state index contributed by atoms with van der Waals surface area (Å²) < 4.78 is 23.8. The number of sulfonamides is 1. The Labute approximate surface area is 113 Å². The van der Waals surface area contributed by atoms with Gasteiger partial charge in [0.2, 0.25) is 10.0 Å². The Morgan fingerprint density at radius 3 is 2.37 bits per heavy atom. The maximum atomic E-state index is 11.3. The molecule has 1 aromatic heterocycles. The van der Waals surface area contributed by atoms with Gasteiger partial charge in [-0.1, -0.05) is 0 Å². The third-order valence-electron chi connectivity index (χ3n) is 2.10. The summed E-state index contributed by atoms with van der Waals surface area (Å²) in [4.78, 5) is 13.1. The topological polar surface area (TPSA) is 114 Å². The van der Waals surface area contributed by atoms with Gasteiger partial charge in [0.05, 0.1) is 6.26 Å². The molecule has 7 nitrogen and oxygen atoms in total. The molecule has 1 aromatic rings. The molecule has 1 heterocycles. The lowest BCUT2D eigenvalue weighted by Gasteiger charge is -2.18. The van der Waals surface area contributed by atoms with Crippen molar-refractivity contribution in [1.82, 2.24) is 4.98 Å². The van der Waals surface area contributed by atoms with Gasteiger partial charge in [-0.2, -0.15) is 0 Å². The van der Waals surface area contributed by atoms with E-state index in [0.717, 1.165) is 28.6 Å². The Morgan fingerprint density at radius 1 is 1.53 bits per heavy atom. The van der Waals surface area contributed by atoms with Crippen LogP contribution in [0.3, 0.4) is 0 Å². The number of aromatic nitrogens is 1. The van der Waals surface area contributed by atoms with Crippen LogP contribution in [0.5, 0.6) is 0 Å². The number of rotatable bonds is 3. The third-order valence-corrected chi connectivity index (χ3v) is 3.26. The summed E-state index contributed by atoms with van der Waals surface area (Å²) in [5.41, 5.74) is 7.22. The quantitative estimate of drug-likeness (QED) is 0.829. The molecule has 19 heavy (non-hydrogen) atoms. The molecular weight excluding hydrogens is 270 g/mol. The highest BCUT2D eigenvalue weighted by Crippen LogP contribution is 2.18. The molecule has 0 radical (unpaired) electrons. The number of anilines is 1. The molecular formula is C11H19N3O4S. The molecule has 0 spiro atoms. The number of nitrogens with zero attached hydrogens (tertiary/aromatic N) is 2. The van der Waals surface area contributed by atoms with Crippen LogP contribution in [-0.2, 0) is 21.4 Å². The number of nitrogens with two attached hydrogens (primary N) is 1. The highest BCUT2D eigenvalue weighted by atomic mass is 32.2. The molecule has 0 aliphatic heterocycles. The van der Waals surface area contributed by atoms with Crippen LogP contribution >= 0.6 is 0 Å². The fourth-order valence-electron chi connectivity index (χ4n) is 1.21. The lowest BCUT2D eigenvalue weighted by molar-refractivity contribution is -0.134. The van der Waals surface area contributed by atoms with Gasteiger partial charge >= 0.3 is 0 Å². The summed E-state index contributed by atoms with van der Waals surface area (Å²) in [6, 6.07) is 1.84. The molecule has 0 unspecified atom stereocenters. The Morgan fingerprint density at radius 2 is 2.00 bits per heavy atom. The lowest BCUT2D eigenvalue weighted by Crippen LogP contribution is -2.27. The summed E-state index contributed by atoms with van der Waals surface area (Å²) in [5.74, 6) is -0.439. The van der Waals surface area contributed by atoms with Crippen molar-refractivity contribution < 1.29 is 18.3 Å². The number of pyridine rings is 1. The van der Waals surface area contributed by atoms with Crippen molar-refractivity contribution in [3.05, 3.63) is 23.4 Å². The largest absolute Gasteiger partial charge is 0.481 e. The smallest absolute Gasteiger partial charge is 0.300 e. The second kappa shape index (κ2) is 7.05. The van der Waals surface area contributed by atoms with Crippen molar-refractivity contribution in [3.63, 3.8) is 0 Å². The monoisotopic (exact) mass is 289 g/mol. The minimum absolute atomic E-state index is 0.268. The second-order valence-electron chi connectivity index (χ2n) is 3.95. The Bertz CT molecular complexity index is 539. The Kier molecular flexibility index (Phi) is 6.43. The average molecular weight is 289 g/mol. The van der Waals surface area contributed by atoms with Gasteiger partial charge < -0.3 is 10.8 Å². The van der Waals surface area contributed by atoms with E-state index in [1.807, 2.05) is 13.0 Å². The van der Waals surface area contributed by atoms with Crippen molar-refractivity contribution in [1.29, 1.82) is 0 Å². The number of aryl methyl sites for hydroxylation is 1. The van der Waals surface area contributed by atoms with E-state index in [9.17, 15) is 8.42 Å². The number of hydrogen-bond acceptors (Lipinski definition) is 5. The van der Waals surface area contributed by atoms with Crippen LogP contribution < -0.4 is 10.0 Å². The molecule has 0 aromatic carbocycles. The zero-order valence-electron chi connectivity index (χ0n) is 11.4. The summed E-state index contributed by atoms with van der Waals surface area (Å²) >= 11 is 0. The van der Waals surface area contributed by atoms with Crippen molar-refractivity contribution >= 4 is 21.8 Å². The van der Waals surface area contributed by atoms with E-state index >= 15 is 0 Å². The summed E-state index contributed by atoms with van der Waals surface area (Å²) in [6.45, 7) is 3.24. The molecule has 0 atom stereocenters. The standard InChI is InChI=1S/C9H15N3O2S.C2H4O2/c1-7-4-8(5-10)9(11-6-7)12(2)15(3,13)14;1-2(3)4/h4,6H,5,10H2,1-3H3;1H3,(H,3,4). The van der Waals surface area contributed by atoms with E-state index in [1.54, 1.807) is 6.20 Å². The minimum atomic E-state index is -3.29. The van der Waals surface area contributed by atoms with Gasteiger partial charge in [-0.15, -0.1) is 0 Å². The van der Waals surface area contributed by atoms with Crippen LogP contribution in [0.2, 0.25) is 0 Å². The fourth-order valence-corrected chi connectivity index (χ4v) is 1.69. The first-order chi connectivity index (χ1) is 8.59. The summed E-state index contributed by atoms with van der Waals surface area (Å²) in [6.07, 6.45) is 2.75. The SMILES string of the molecule is CC(=O)O.Cc1cnc(N(C)S(C)(=O)=O)c(CN)c1. The molecule has 0 aliphatic carbocycles. The number of hydrogen-bond donors (Lipinski definition) is 2. The molecule has 0 saturated heterocycles. The third kappa shape index (κ3) is 6.16. The van der Waals surface area contributed by atoms with Crippen LogP contribution in [0.1, 0.15) is 18.1 Å². The number of aliphatic carboxylic acids is 1. The van der Waals surface area contributed by atoms with E-state index in [4.69, 9.17) is 15.6 Å². The van der Waals surface area contributed by atoms with Gasteiger partial charge in [0.25, 0.3) is 5.97 Å². The molecule has 0 amide bonds. The van der Waals surface area contributed by atoms with Crippen molar-refractivity contribution in [2.45, 2.75) is 20.4 Å². The van der Waals surface area contributed by atoms with Gasteiger partial charge in [-0.3, -0.25) is 9.10 Å². The van der Waals surface area contributed by atoms with E-state index in [1.165, 1.54) is 7.05 Å². The molecule has 108 valence electrons. The molecule has 0 saturated carbocycles. The molecule has 0 fully saturated rings. The molecule has 0 bridgehead atoms. The highest BCUT2D eigenvalue weighted by molar-refractivity contribution is 7.92. The average Bonchev–Trinajstić information content (AvgIpc) is 2.26. The van der Waals surface area contributed by atoms with E-state index in [2.05, 4.69) is 4.98 Å². The van der Waals surface area contributed by atoms with Gasteiger partial charge in [0.15, 0.2) is 0 Å². The van der Waals surface area contributed by atoms with Crippen LogP contribution in [0, 0.1) is 6.92 Å². The Hall–Kier alpha value is -1.67. The number of carbonyl (C=O) groups is 1. The normalized spacial score (nSPS) is 10.4. The van der Waals surface area contributed by atoms with Crippen molar-refractivity contribution in [3.8, 4) is 0 Å². The van der Waals surface area contributed by atoms with Gasteiger partial charge in [0.1, 0.15) is 5.82 Å². The van der Waals surface area contributed by atoms with Crippen molar-refractivity contribution in [2.24, 2.45) is 5.73 Å². The first-order valence-corrected chi connectivity index (χ1v) is 7.23. The summed E-state index contributed by atoms with van der Waals surface area (Å²) in [5, 5.41) is 7.42. The molecule has 8 heteroatoms. The predicted molar refractivity (Wildman–Crippen MR) is 73.4 cm³/mol. The van der Waals surface area contributed by atoms with Crippen LogP contribution in [-0.4, -0.2) is 37.8 Å². The molecule has 0 aliphatic rings. The van der Waals surface area contributed by atoms with Crippen LogP contribution in [0.15, 0.2) is 12.3 Å². The first-order valence-electron chi connectivity index (χ1n) is 5.38. The molecule has 1 rings (SSSR count). The van der Waals surface area contributed by atoms with Gasteiger partial charge in [-0.05, 0) is 18.6 Å². The maximum Gasteiger partial charge on any atom is 0.300 e. The maximum absolute atomic E-state index is 11.3. The highest BCUT2D eigenvalue weighted by Gasteiger charge is 2.16. The van der Waals surface area contributed by atoms with E-state index < -0.39 is 16.0 Å². The summed E-state index contributed by atoms with van der Waals surface area (Å²) in [7, 11) is -1.82. The predicted octanol–water partition coefficient (Wildman–Crippen LogP) is 0.335. The lowest BCUT2D eigenvalue weighted by atomic mass is 10.2. The fraction of sp³-hybridized carbons (Fsp3) is 0.455. The Balaban J connectivity index is 0.000000711. The first kappa shape index (κ1) is 17.3. The van der Waals surface area contributed by atoms with Gasteiger partial charge in [-0.25, -0.2) is 13.4 Å². The van der Waals surface area contributed by atoms with E-state index in [-0.39, 0.29) is 6.54 Å². The second-order valence-corrected chi connectivity index (χ2v) is 5.96. The van der Waals surface area contributed by atoms with Gasteiger partial charge in [0, 0.05) is 32.3 Å². The van der Waals surface area contributed by atoms with Crippen molar-refractivity contribution in [2.75, 3.05) is 17.6 Å². The van der Waals surface area contributed by atoms with E-state index in [0.29, 0.717) is 5.82 Å². The van der Waals surface area contributed by atoms with Crippen LogP contribution in [0.4, 0.5) is 5.82 Å². The number of carboxylic acid groups (broad SMARTS) is 1. The molecule has 3 N–H and O–H groups in total. The zero-order valence-corrected chi connectivity index (χ0v) is 12.2. The van der Waals surface area contributed by atoms with Crippen LogP contribution in [0.25, 0.3) is 0 Å². The minimum Gasteiger partial charge on any atom is -0.481 e.